The van der Waals surface area contributed by atoms with Crippen molar-refractivity contribution in [2.24, 2.45) is 0 Å². The minimum atomic E-state index is 0.205. The van der Waals surface area contributed by atoms with Crippen LogP contribution in [0.3, 0.4) is 0 Å². The SMILES string of the molecule is CCCNC(Cc1ncnn1C(C)C)c1snnc1C. The maximum absolute atomic E-state index is 4.40. The molecule has 0 amide bonds. The Labute approximate surface area is 123 Å². The van der Waals surface area contributed by atoms with E-state index >= 15 is 0 Å². The van der Waals surface area contributed by atoms with Crippen LogP contribution < -0.4 is 5.32 Å². The molecule has 0 aliphatic rings. The van der Waals surface area contributed by atoms with E-state index in [9.17, 15) is 0 Å². The molecule has 110 valence electrons. The molecular formula is C13H22N6S. The van der Waals surface area contributed by atoms with Crippen molar-refractivity contribution >= 4 is 11.5 Å². The number of aryl methyl sites for hydroxylation is 1. The summed E-state index contributed by atoms with van der Waals surface area (Å²) in [5.41, 5.74) is 0.999. The van der Waals surface area contributed by atoms with Crippen LogP contribution in [0, 0.1) is 6.92 Å². The molecule has 1 unspecified atom stereocenters. The van der Waals surface area contributed by atoms with Gasteiger partial charge in [0, 0.05) is 12.5 Å². The van der Waals surface area contributed by atoms with Crippen LogP contribution in [-0.2, 0) is 6.42 Å². The average Bonchev–Trinajstić information content (AvgIpc) is 3.03. The van der Waals surface area contributed by atoms with Crippen molar-refractivity contribution in [2.75, 3.05) is 6.54 Å². The van der Waals surface area contributed by atoms with Gasteiger partial charge < -0.3 is 5.32 Å². The Kier molecular flexibility index (Phi) is 5.19. The van der Waals surface area contributed by atoms with Crippen LogP contribution in [0.5, 0.6) is 0 Å². The summed E-state index contributed by atoms with van der Waals surface area (Å²) in [7, 11) is 0. The molecular weight excluding hydrogens is 272 g/mol. The third-order valence-electron chi connectivity index (χ3n) is 3.17. The minimum Gasteiger partial charge on any atom is -0.309 e. The molecule has 0 aromatic carbocycles. The first kappa shape index (κ1) is 15.1. The lowest BCUT2D eigenvalue weighted by molar-refractivity contribution is 0.465. The molecule has 2 heterocycles. The Bertz CT molecular complexity index is 532. The molecule has 2 aromatic rings. The minimum absolute atomic E-state index is 0.205. The van der Waals surface area contributed by atoms with Gasteiger partial charge in [0.1, 0.15) is 12.2 Å². The third-order valence-corrected chi connectivity index (χ3v) is 4.11. The molecule has 20 heavy (non-hydrogen) atoms. The Hall–Kier alpha value is -1.34. The van der Waals surface area contributed by atoms with Crippen LogP contribution in [0.4, 0.5) is 0 Å². The fourth-order valence-corrected chi connectivity index (χ4v) is 2.89. The van der Waals surface area contributed by atoms with Crippen LogP contribution in [0.2, 0.25) is 0 Å². The number of rotatable bonds is 7. The van der Waals surface area contributed by atoms with Gasteiger partial charge in [-0.15, -0.1) is 5.10 Å². The lowest BCUT2D eigenvalue weighted by Crippen LogP contribution is -2.25. The van der Waals surface area contributed by atoms with E-state index in [2.05, 4.69) is 45.8 Å². The maximum atomic E-state index is 4.40. The van der Waals surface area contributed by atoms with Gasteiger partial charge in [-0.1, -0.05) is 11.4 Å². The Morgan fingerprint density at radius 2 is 2.20 bits per heavy atom. The molecule has 0 aliphatic heterocycles. The van der Waals surface area contributed by atoms with Crippen LogP contribution in [0.1, 0.15) is 55.7 Å². The topological polar surface area (TPSA) is 68.5 Å². The van der Waals surface area contributed by atoms with E-state index in [1.54, 1.807) is 6.33 Å². The second-order valence-corrected chi connectivity index (χ2v) is 5.93. The van der Waals surface area contributed by atoms with Crippen LogP contribution in [0.15, 0.2) is 6.33 Å². The van der Waals surface area contributed by atoms with Crippen molar-refractivity contribution in [2.45, 2.75) is 52.6 Å². The molecule has 1 N–H and O–H groups in total. The van der Waals surface area contributed by atoms with E-state index in [0.717, 1.165) is 30.9 Å². The zero-order valence-corrected chi connectivity index (χ0v) is 13.3. The second kappa shape index (κ2) is 6.90. The van der Waals surface area contributed by atoms with Crippen LogP contribution >= 0.6 is 11.5 Å². The monoisotopic (exact) mass is 294 g/mol. The summed E-state index contributed by atoms with van der Waals surface area (Å²) in [5.74, 6) is 1.00. The fraction of sp³-hybridized carbons (Fsp3) is 0.692. The fourth-order valence-electron chi connectivity index (χ4n) is 2.17. The highest BCUT2D eigenvalue weighted by molar-refractivity contribution is 7.05. The molecule has 0 bridgehead atoms. The third kappa shape index (κ3) is 3.40. The first-order chi connectivity index (χ1) is 9.63. The number of aromatic nitrogens is 5. The quantitative estimate of drug-likeness (QED) is 0.848. The first-order valence-corrected chi connectivity index (χ1v) is 7.81. The van der Waals surface area contributed by atoms with Gasteiger partial charge in [-0.05, 0) is 45.3 Å². The summed E-state index contributed by atoms with van der Waals surface area (Å²) in [4.78, 5) is 5.59. The predicted octanol–water partition coefficient (Wildman–Crippen LogP) is 2.30. The molecule has 2 rings (SSSR count). The Morgan fingerprint density at radius 1 is 1.40 bits per heavy atom. The molecule has 6 nitrogen and oxygen atoms in total. The molecule has 0 fully saturated rings. The normalized spacial score (nSPS) is 13.1. The van der Waals surface area contributed by atoms with E-state index in [1.807, 2.05) is 11.6 Å². The van der Waals surface area contributed by atoms with Gasteiger partial charge in [-0.3, -0.25) is 0 Å². The zero-order valence-electron chi connectivity index (χ0n) is 12.5. The lowest BCUT2D eigenvalue weighted by Gasteiger charge is -2.18. The van der Waals surface area contributed by atoms with E-state index in [4.69, 9.17) is 0 Å². The van der Waals surface area contributed by atoms with Crippen molar-refractivity contribution in [1.29, 1.82) is 0 Å². The van der Waals surface area contributed by atoms with Gasteiger partial charge in [0.15, 0.2) is 0 Å². The van der Waals surface area contributed by atoms with Crippen molar-refractivity contribution in [1.82, 2.24) is 29.7 Å². The lowest BCUT2D eigenvalue weighted by atomic mass is 10.1. The highest BCUT2D eigenvalue weighted by Gasteiger charge is 2.20. The van der Waals surface area contributed by atoms with E-state index in [1.165, 1.54) is 16.4 Å². The molecule has 0 saturated heterocycles. The molecule has 0 radical (unpaired) electrons. The van der Waals surface area contributed by atoms with Gasteiger partial charge in [0.05, 0.1) is 16.6 Å². The number of hydrogen-bond donors (Lipinski definition) is 1. The van der Waals surface area contributed by atoms with Crippen LogP contribution in [0.25, 0.3) is 0 Å². The summed E-state index contributed by atoms with van der Waals surface area (Å²) in [5, 5.41) is 12.0. The zero-order chi connectivity index (χ0) is 14.5. The number of nitrogens with one attached hydrogen (secondary N) is 1. The van der Waals surface area contributed by atoms with Crippen molar-refractivity contribution in [3.05, 3.63) is 22.7 Å². The Morgan fingerprint density at radius 3 is 2.80 bits per heavy atom. The number of nitrogens with zero attached hydrogens (tertiary/aromatic N) is 5. The van der Waals surface area contributed by atoms with Gasteiger partial charge >= 0.3 is 0 Å². The van der Waals surface area contributed by atoms with E-state index in [0.29, 0.717) is 6.04 Å². The summed E-state index contributed by atoms with van der Waals surface area (Å²) >= 11 is 1.46. The van der Waals surface area contributed by atoms with E-state index < -0.39 is 0 Å². The number of hydrogen-bond acceptors (Lipinski definition) is 6. The smallest absolute Gasteiger partial charge is 0.138 e. The van der Waals surface area contributed by atoms with Gasteiger partial charge in [-0.2, -0.15) is 5.10 Å². The highest BCUT2D eigenvalue weighted by Crippen LogP contribution is 2.23. The van der Waals surface area contributed by atoms with E-state index in [-0.39, 0.29) is 6.04 Å². The first-order valence-electron chi connectivity index (χ1n) is 7.04. The molecule has 1 atom stereocenters. The van der Waals surface area contributed by atoms with Gasteiger partial charge in [0.2, 0.25) is 0 Å². The summed E-state index contributed by atoms with van der Waals surface area (Å²) in [6.07, 6.45) is 3.53. The molecule has 0 spiro atoms. The second-order valence-electron chi connectivity index (χ2n) is 5.15. The Balaban J connectivity index is 2.19. The highest BCUT2D eigenvalue weighted by atomic mass is 32.1. The largest absolute Gasteiger partial charge is 0.309 e. The summed E-state index contributed by atoms with van der Waals surface area (Å²) in [6, 6.07) is 0.525. The van der Waals surface area contributed by atoms with Crippen LogP contribution in [-0.4, -0.2) is 30.9 Å². The standard InChI is InChI=1S/C13H22N6S/c1-5-6-14-11(13-10(4)17-18-20-13)7-12-15-8-16-19(12)9(2)3/h8-9,11,14H,5-7H2,1-4H3. The average molecular weight is 294 g/mol. The van der Waals surface area contributed by atoms with Gasteiger partial charge in [-0.25, -0.2) is 9.67 Å². The molecule has 0 aliphatic carbocycles. The van der Waals surface area contributed by atoms with Crippen molar-refractivity contribution in [3.8, 4) is 0 Å². The molecule has 0 saturated carbocycles. The van der Waals surface area contributed by atoms with Gasteiger partial charge in [0.25, 0.3) is 0 Å². The predicted molar refractivity (Wildman–Crippen MR) is 79.8 cm³/mol. The molecule has 7 heteroatoms. The summed E-state index contributed by atoms with van der Waals surface area (Å²) in [6.45, 7) is 9.38. The maximum Gasteiger partial charge on any atom is 0.138 e. The molecule has 2 aromatic heterocycles. The van der Waals surface area contributed by atoms with Crippen molar-refractivity contribution < 1.29 is 0 Å². The summed E-state index contributed by atoms with van der Waals surface area (Å²) < 4.78 is 6.02. The van der Waals surface area contributed by atoms with Crippen molar-refractivity contribution in [3.63, 3.8) is 0 Å².